The van der Waals surface area contributed by atoms with Gasteiger partial charge in [-0.15, -0.1) is 0 Å². The van der Waals surface area contributed by atoms with Crippen molar-refractivity contribution in [3.8, 4) is 0 Å². The maximum absolute atomic E-state index is 5.40. The van der Waals surface area contributed by atoms with Crippen LogP contribution >= 0.6 is 0 Å². The molecule has 1 aliphatic rings. The molecule has 0 aliphatic carbocycles. The number of aryl methyl sites for hydroxylation is 1. The smallest absolute Gasteiger partial charge is 0.120 e. The number of nitrogens with one attached hydrogen (secondary N) is 1. The van der Waals surface area contributed by atoms with E-state index in [4.69, 9.17) is 4.42 Å². The van der Waals surface area contributed by atoms with Gasteiger partial charge in [-0.25, -0.2) is 0 Å². The molecule has 17 heavy (non-hydrogen) atoms. The Morgan fingerprint density at radius 3 is 2.65 bits per heavy atom. The summed E-state index contributed by atoms with van der Waals surface area (Å²) in [5, 5.41) is 3.46. The Labute approximate surface area is 104 Å². The van der Waals surface area contributed by atoms with Crippen molar-refractivity contribution < 1.29 is 4.42 Å². The van der Waals surface area contributed by atoms with Crippen molar-refractivity contribution in [3.05, 3.63) is 23.7 Å². The van der Waals surface area contributed by atoms with Crippen molar-refractivity contribution in [1.82, 2.24) is 10.2 Å². The molecular formula is C14H24N2O. The van der Waals surface area contributed by atoms with E-state index in [0.717, 1.165) is 18.8 Å². The second-order valence-corrected chi connectivity index (χ2v) is 4.96. The van der Waals surface area contributed by atoms with Crippen LogP contribution in [0.2, 0.25) is 0 Å². The normalized spacial score (nSPS) is 18.2. The van der Waals surface area contributed by atoms with Gasteiger partial charge in [0.2, 0.25) is 0 Å². The first-order chi connectivity index (χ1) is 8.36. The topological polar surface area (TPSA) is 28.4 Å². The molecule has 1 saturated heterocycles. The lowest BCUT2D eigenvalue weighted by atomic mass is 10.2. The van der Waals surface area contributed by atoms with Crippen LogP contribution in [0.25, 0.3) is 0 Å². The Morgan fingerprint density at radius 2 is 2.00 bits per heavy atom. The van der Waals surface area contributed by atoms with Crippen molar-refractivity contribution in [2.75, 3.05) is 26.2 Å². The zero-order valence-corrected chi connectivity index (χ0v) is 10.9. The van der Waals surface area contributed by atoms with Gasteiger partial charge in [0.1, 0.15) is 5.76 Å². The summed E-state index contributed by atoms with van der Waals surface area (Å²) in [4.78, 5) is 2.58. The van der Waals surface area contributed by atoms with E-state index in [9.17, 15) is 0 Å². The summed E-state index contributed by atoms with van der Waals surface area (Å²) in [6.07, 6.45) is 7.33. The Kier molecular flexibility index (Phi) is 5.08. The summed E-state index contributed by atoms with van der Waals surface area (Å²) in [6, 6.07) is 2.02. The lowest BCUT2D eigenvalue weighted by molar-refractivity contribution is 0.282. The molecule has 0 amide bonds. The van der Waals surface area contributed by atoms with E-state index in [1.165, 1.54) is 50.9 Å². The third-order valence-corrected chi connectivity index (χ3v) is 3.56. The molecule has 0 spiro atoms. The van der Waals surface area contributed by atoms with Crippen LogP contribution in [-0.2, 0) is 6.54 Å². The van der Waals surface area contributed by atoms with Gasteiger partial charge < -0.3 is 14.6 Å². The standard InChI is InChI=1S/C14H24N2O/c1-13-6-11-17-14(13)12-15-7-10-16-8-4-2-3-5-9-16/h6,11,15H,2-5,7-10,12H2,1H3. The van der Waals surface area contributed by atoms with Gasteiger partial charge in [0.15, 0.2) is 0 Å². The first-order valence-electron chi connectivity index (χ1n) is 6.82. The van der Waals surface area contributed by atoms with Crippen LogP contribution in [0.5, 0.6) is 0 Å². The maximum Gasteiger partial charge on any atom is 0.120 e. The summed E-state index contributed by atoms with van der Waals surface area (Å²) < 4.78 is 5.40. The average molecular weight is 236 g/mol. The predicted octanol–water partition coefficient (Wildman–Crippen LogP) is 2.55. The van der Waals surface area contributed by atoms with Crippen LogP contribution in [0.15, 0.2) is 16.7 Å². The van der Waals surface area contributed by atoms with Crippen molar-refractivity contribution in [2.45, 2.75) is 39.2 Å². The molecular weight excluding hydrogens is 212 g/mol. The van der Waals surface area contributed by atoms with Gasteiger partial charge in [-0.2, -0.15) is 0 Å². The highest BCUT2D eigenvalue weighted by atomic mass is 16.3. The first kappa shape index (κ1) is 12.7. The molecule has 0 unspecified atom stereocenters. The molecule has 3 heteroatoms. The number of hydrogen-bond acceptors (Lipinski definition) is 3. The molecule has 2 heterocycles. The highest BCUT2D eigenvalue weighted by Gasteiger charge is 2.08. The number of rotatable bonds is 5. The lowest BCUT2D eigenvalue weighted by Crippen LogP contribution is -2.32. The summed E-state index contributed by atoms with van der Waals surface area (Å²) in [5.41, 5.74) is 1.24. The quantitative estimate of drug-likeness (QED) is 0.796. The number of furan rings is 1. The van der Waals surface area contributed by atoms with Crippen molar-refractivity contribution in [1.29, 1.82) is 0 Å². The van der Waals surface area contributed by atoms with E-state index >= 15 is 0 Å². The fourth-order valence-corrected chi connectivity index (χ4v) is 2.38. The molecule has 96 valence electrons. The first-order valence-corrected chi connectivity index (χ1v) is 6.82. The molecule has 0 radical (unpaired) electrons. The molecule has 1 fully saturated rings. The average Bonchev–Trinajstić information content (AvgIpc) is 2.60. The van der Waals surface area contributed by atoms with Crippen LogP contribution in [-0.4, -0.2) is 31.1 Å². The minimum Gasteiger partial charge on any atom is -0.468 e. The molecule has 0 bridgehead atoms. The Morgan fingerprint density at radius 1 is 1.24 bits per heavy atom. The van der Waals surface area contributed by atoms with Crippen LogP contribution in [0.3, 0.4) is 0 Å². The zero-order valence-electron chi connectivity index (χ0n) is 10.9. The Hall–Kier alpha value is -0.800. The van der Waals surface area contributed by atoms with Crippen LogP contribution in [0.1, 0.15) is 37.0 Å². The van der Waals surface area contributed by atoms with E-state index in [2.05, 4.69) is 17.1 Å². The fraction of sp³-hybridized carbons (Fsp3) is 0.714. The second-order valence-electron chi connectivity index (χ2n) is 4.96. The zero-order chi connectivity index (χ0) is 11.9. The molecule has 2 rings (SSSR count). The monoisotopic (exact) mass is 236 g/mol. The third-order valence-electron chi connectivity index (χ3n) is 3.56. The van der Waals surface area contributed by atoms with Crippen molar-refractivity contribution >= 4 is 0 Å². The minimum absolute atomic E-state index is 0.854. The van der Waals surface area contributed by atoms with Crippen LogP contribution in [0, 0.1) is 6.92 Å². The SMILES string of the molecule is Cc1ccoc1CNCCN1CCCCCC1. The minimum atomic E-state index is 0.854. The molecule has 1 aromatic rings. The predicted molar refractivity (Wildman–Crippen MR) is 70.1 cm³/mol. The van der Waals surface area contributed by atoms with Gasteiger partial charge in [-0.1, -0.05) is 12.8 Å². The Bertz CT molecular complexity index is 314. The van der Waals surface area contributed by atoms with Crippen molar-refractivity contribution in [2.24, 2.45) is 0 Å². The van der Waals surface area contributed by atoms with Crippen molar-refractivity contribution in [3.63, 3.8) is 0 Å². The third kappa shape index (κ3) is 4.17. The van der Waals surface area contributed by atoms with E-state index in [1.54, 1.807) is 6.26 Å². The molecule has 1 N–H and O–H groups in total. The largest absolute Gasteiger partial charge is 0.468 e. The number of nitrogens with zero attached hydrogens (tertiary/aromatic N) is 1. The molecule has 0 saturated carbocycles. The summed E-state index contributed by atoms with van der Waals surface area (Å²) in [7, 11) is 0. The molecule has 0 aromatic carbocycles. The summed E-state index contributed by atoms with van der Waals surface area (Å²) in [6.45, 7) is 7.73. The van der Waals surface area contributed by atoms with Gasteiger partial charge in [-0.05, 0) is 44.5 Å². The fourth-order valence-electron chi connectivity index (χ4n) is 2.38. The van der Waals surface area contributed by atoms with E-state index < -0.39 is 0 Å². The highest BCUT2D eigenvalue weighted by Crippen LogP contribution is 2.09. The van der Waals surface area contributed by atoms with E-state index in [-0.39, 0.29) is 0 Å². The summed E-state index contributed by atoms with van der Waals surface area (Å²) in [5.74, 6) is 1.07. The van der Waals surface area contributed by atoms with Gasteiger partial charge in [0.05, 0.1) is 12.8 Å². The molecule has 0 atom stereocenters. The van der Waals surface area contributed by atoms with Gasteiger partial charge in [0, 0.05) is 13.1 Å². The van der Waals surface area contributed by atoms with Gasteiger partial charge in [0.25, 0.3) is 0 Å². The molecule has 1 aliphatic heterocycles. The van der Waals surface area contributed by atoms with Crippen LogP contribution in [0.4, 0.5) is 0 Å². The lowest BCUT2D eigenvalue weighted by Gasteiger charge is -2.19. The second kappa shape index (κ2) is 6.82. The van der Waals surface area contributed by atoms with E-state index in [0.29, 0.717) is 0 Å². The maximum atomic E-state index is 5.40. The highest BCUT2D eigenvalue weighted by molar-refractivity contribution is 5.13. The summed E-state index contributed by atoms with van der Waals surface area (Å²) >= 11 is 0. The van der Waals surface area contributed by atoms with E-state index in [1.807, 2.05) is 6.07 Å². The molecule has 3 nitrogen and oxygen atoms in total. The van der Waals surface area contributed by atoms with Gasteiger partial charge >= 0.3 is 0 Å². The van der Waals surface area contributed by atoms with Crippen LogP contribution < -0.4 is 5.32 Å². The molecule has 1 aromatic heterocycles. The number of hydrogen-bond donors (Lipinski definition) is 1. The Balaban J connectivity index is 1.61. The van der Waals surface area contributed by atoms with Gasteiger partial charge in [-0.3, -0.25) is 0 Å². The number of likely N-dealkylation sites (tertiary alicyclic amines) is 1.